The minimum Gasteiger partial charge on any atom is -0.388 e. The zero-order valence-electron chi connectivity index (χ0n) is 8.61. The molecule has 0 fully saturated rings. The standard InChI is InChI=1S/C12H17NO/c1-3-4-5-6-12(14)11-7-8-13-10(2)9-11/h3,7-9,12,14H,1,4-6H2,2H3. The molecule has 76 valence electrons. The maximum absolute atomic E-state index is 9.81. The number of pyridine rings is 1. The first-order valence-corrected chi connectivity index (χ1v) is 4.95. The molecule has 0 aliphatic rings. The van der Waals surface area contributed by atoms with E-state index >= 15 is 0 Å². The van der Waals surface area contributed by atoms with Gasteiger partial charge in [-0.2, -0.15) is 0 Å². The number of aliphatic hydroxyl groups excluding tert-OH is 1. The van der Waals surface area contributed by atoms with Gasteiger partial charge >= 0.3 is 0 Å². The molecule has 0 bridgehead atoms. The Bertz CT molecular complexity index is 296. The van der Waals surface area contributed by atoms with E-state index in [0.717, 1.165) is 30.5 Å². The molecule has 0 spiro atoms. The maximum Gasteiger partial charge on any atom is 0.0791 e. The first kappa shape index (κ1) is 10.9. The lowest BCUT2D eigenvalue weighted by Gasteiger charge is -2.10. The summed E-state index contributed by atoms with van der Waals surface area (Å²) in [4.78, 5) is 4.09. The van der Waals surface area contributed by atoms with Crippen LogP contribution in [-0.2, 0) is 0 Å². The Labute approximate surface area is 85.3 Å². The summed E-state index contributed by atoms with van der Waals surface area (Å²) in [6.45, 7) is 5.58. The van der Waals surface area contributed by atoms with E-state index in [1.807, 2.05) is 25.1 Å². The highest BCUT2D eigenvalue weighted by molar-refractivity contribution is 5.17. The molecule has 14 heavy (non-hydrogen) atoms. The Kier molecular flexibility index (Phi) is 4.33. The Morgan fingerprint density at radius 3 is 3.07 bits per heavy atom. The topological polar surface area (TPSA) is 33.1 Å². The van der Waals surface area contributed by atoms with Crippen LogP contribution in [0.2, 0.25) is 0 Å². The number of nitrogens with zero attached hydrogens (tertiary/aromatic N) is 1. The quantitative estimate of drug-likeness (QED) is 0.573. The first-order chi connectivity index (χ1) is 6.74. The van der Waals surface area contributed by atoms with Gasteiger partial charge in [-0.05, 0) is 43.9 Å². The van der Waals surface area contributed by atoms with Gasteiger partial charge < -0.3 is 5.11 Å². The Morgan fingerprint density at radius 1 is 1.64 bits per heavy atom. The molecular formula is C12H17NO. The molecular weight excluding hydrogens is 174 g/mol. The van der Waals surface area contributed by atoms with Crippen LogP contribution >= 0.6 is 0 Å². The highest BCUT2D eigenvalue weighted by Gasteiger charge is 2.06. The van der Waals surface area contributed by atoms with Crippen molar-refractivity contribution in [3.63, 3.8) is 0 Å². The molecule has 1 N–H and O–H groups in total. The lowest BCUT2D eigenvalue weighted by atomic mass is 10.0. The normalized spacial score (nSPS) is 12.4. The van der Waals surface area contributed by atoms with Crippen molar-refractivity contribution in [1.82, 2.24) is 4.98 Å². The van der Waals surface area contributed by atoms with Gasteiger partial charge in [0.1, 0.15) is 0 Å². The molecule has 1 aromatic heterocycles. The molecule has 0 radical (unpaired) electrons. The van der Waals surface area contributed by atoms with Gasteiger partial charge in [-0.15, -0.1) is 6.58 Å². The Hall–Kier alpha value is -1.15. The maximum atomic E-state index is 9.81. The van der Waals surface area contributed by atoms with Gasteiger partial charge in [0.25, 0.3) is 0 Å². The van der Waals surface area contributed by atoms with Crippen LogP contribution in [0.4, 0.5) is 0 Å². The molecule has 0 aliphatic heterocycles. The zero-order chi connectivity index (χ0) is 10.4. The number of unbranched alkanes of at least 4 members (excludes halogenated alkanes) is 1. The summed E-state index contributed by atoms with van der Waals surface area (Å²) in [5.74, 6) is 0. The molecule has 0 amide bonds. The molecule has 1 atom stereocenters. The minimum atomic E-state index is -0.364. The SMILES string of the molecule is C=CCCCC(O)c1ccnc(C)c1. The number of rotatable bonds is 5. The van der Waals surface area contributed by atoms with E-state index in [0.29, 0.717) is 0 Å². The average molecular weight is 191 g/mol. The van der Waals surface area contributed by atoms with Gasteiger partial charge in [-0.1, -0.05) is 6.08 Å². The summed E-state index contributed by atoms with van der Waals surface area (Å²) in [5, 5.41) is 9.81. The van der Waals surface area contributed by atoms with Crippen LogP contribution in [0.1, 0.15) is 36.6 Å². The molecule has 1 aromatic rings. The fourth-order valence-electron chi connectivity index (χ4n) is 1.40. The number of aryl methyl sites for hydroxylation is 1. The van der Waals surface area contributed by atoms with Crippen LogP contribution in [0.5, 0.6) is 0 Å². The number of aromatic nitrogens is 1. The first-order valence-electron chi connectivity index (χ1n) is 4.95. The van der Waals surface area contributed by atoms with Crippen molar-refractivity contribution in [3.8, 4) is 0 Å². The average Bonchev–Trinajstić information content (AvgIpc) is 2.18. The van der Waals surface area contributed by atoms with Gasteiger partial charge in [0.15, 0.2) is 0 Å². The van der Waals surface area contributed by atoms with Gasteiger partial charge in [0.2, 0.25) is 0 Å². The van der Waals surface area contributed by atoms with Crippen LogP contribution in [-0.4, -0.2) is 10.1 Å². The summed E-state index contributed by atoms with van der Waals surface area (Å²) in [7, 11) is 0. The van der Waals surface area contributed by atoms with E-state index in [2.05, 4.69) is 11.6 Å². The van der Waals surface area contributed by atoms with E-state index in [9.17, 15) is 5.11 Å². The molecule has 1 unspecified atom stereocenters. The van der Waals surface area contributed by atoms with Crippen molar-refractivity contribution in [1.29, 1.82) is 0 Å². The van der Waals surface area contributed by atoms with Crippen molar-refractivity contribution in [3.05, 3.63) is 42.2 Å². The number of allylic oxidation sites excluding steroid dienone is 1. The van der Waals surface area contributed by atoms with Crippen LogP contribution in [0.25, 0.3) is 0 Å². The molecule has 1 rings (SSSR count). The predicted octanol–water partition coefficient (Wildman–Crippen LogP) is 2.78. The summed E-state index contributed by atoms with van der Waals surface area (Å²) in [6, 6.07) is 3.80. The smallest absolute Gasteiger partial charge is 0.0791 e. The van der Waals surface area contributed by atoms with E-state index in [-0.39, 0.29) is 6.10 Å². The highest BCUT2D eigenvalue weighted by Crippen LogP contribution is 2.18. The summed E-state index contributed by atoms with van der Waals surface area (Å²) >= 11 is 0. The molecule has 2 nitrogen and oxygen atoms in total. The van der Waals surface area contributed by atoms with Crippen molar-refractivity contribution < 1.29 is 5.11 Å². The van der Waals surface area contributed by atoms with Gasteiger partial charge in [-0.3, -0.25) is 4.98 Å². The van der Waals surface area contributed by atoms with Gasteiger partial charge in [-0.25, -0.2) is 0 Å². The monoisotopic (exact) mass is 191 g/mol. The minimum absolute atomic E-state index is 0.364. The Morgan fingerprint density at radius 2 is 2.43 bits per heavy atom. The summed E-state index contributed by atoms with van der Waals surface area (Å²) in [5.41, 5.74) is 1.91. The fraction of sp³-hybridized carbons (Fsp3) is 0.417. The third-order valence-corrected chi connectivity index (χ3v) is 2.19. The number of hydrogen-bond acceptors (Lipinski definition) is 2. The van der Waals surface area contributed by atoms with Crippen LogP contribution < -0.4 is 0 Å². The third kappa shape index (κ3) is 3.30. The van der Waals surface area contributed by atoms with Crippen LogP contribution in [0, 0.1) is 6.92 Å². The molecule has 2 heteroatoms. The Balaban J connectivity index is 2.51. The van der Waals surface area contributed by atoms with Gasteiger partial charge in [0.05, 0.1) is 6.10 Å². The third-order valence-electron chi connectivity index (χ3n) is 2.19. The number of hydrogen-bond donors (Lipinski definition) is 1. The molecule has 0 saturated carbocycles. The second-order valence-electron chi connectivity index (χ2n) is 3.47. The van der Waals surface area contributed by atoms with E-state index in [1.54, 1.807) is 6.20 Å². The fourth-order valence-corrected chi connectivity index (χ4v) is 1.40. The molecule has 0 aromatic carbocycles. The van der Waals surface area contributed by atoms with Crippen molar-refractivity contribution in [2.75, 3.05) is 0 Å². The predicted molar refractivity (Wildman–Crippen MR) is 58.0 cm³/mol. The second kappa shape index (κ2) is 5.55. The second-order valence-corrected chi connectivity index (χ2v) is 3.47. The summed E-state index contributed by atoms with van der Waals surface area (Å²) < 4.78 is 0. The van der Waals surface area contributed by atoms with E-state index in [4.69, 9.17) is 0 Å². The summed E-state index contributed by atoms with van der Waals surface area (Å²) in [6.07, 6.45) is 5.98. The van der Waals surface area contributed by atoms with E-state index < -0.39 is 0 Å². The largest absolute Gasteiger partial charge is 0.388 e. The lowest BCUT2D eigenvalue weighted by molar-refractivity contribution is 0.165. The van der Waals surface area contributed by atoms with Gasteiger partial charge in [0, 0.05) is 11.9 Å². The molecule has 1 heterocycles. The van der Waals surface area contributed by atoms with Crippen LogP contribution in [0.3, 0.4) is 0 Å². The van der Waals surface area contributed by atoms with Crippen LogP contribution in [0.15, 0.2) is 31.0 Å². The molecule has 0 saturated heterocycles. The van der Waals surface area contributed by atoms with E-state index in [1.165, 1.54) is 0 Å². The van der Waals surface area contributed by atoms with Crippen molar-refractivity contribution in [2.45, 2.75) is 32.3 Å². The van der Waals surface area contributed by atoms with Crippen molar-refractivity contribution >= 4 is 0 Å². The highest BCUT2D eigenvalue weighted by atomic mass is 16.3. The molecule has 0 aliphatic carbocycles. The zero-order valence-corrected chi connectivity index (χ0v) is 8.61. The van der Waals surface area contributed by atoms with Crippen molar-refractivity contribution in [2.24, 2.45) is 0 Å². The lowest BCUT2D eigenvalue weighted by Crippen LogP contribution is -1.98. The number of aliphatic hydroxyl groups is 1.